The summed E-state index contributed by atoms with van der Waals surface area (Å²) in [6, 6.07) is 0.356. The minimum atomic E-state index is 0.356. The Labute approximate surface area is 106 Å². The lowest BCUT2D eigenvalue weighted by atomic mass is 10.2. The van der Waals surface area contributed by atoms with Gasteiger partial charge in [0.1, 0.15) is 0 Å². The van der Waals surface area contributed by atoms with E-state index in [4.69, 9.17) is 0 Å². The summed E-state index contributed by atoms with van der Waals surface area (Å²) in [4.78, 5) is 8.32. The van der Waals surface area contributed by atoms with Gasteiger partial charge < -0.3 is 9.88 Å². The molecule has 1 unspecified atom stereocenters. The number of nitrogens with zero attached hydrogens (tertiary/aromatic N) is 3. The van der Waals surface area contributed by atoms with Gasteiger partial charge in [-0.2, -0.15) is 0 Å². The summed E-state index contributed by atoms with van der Waals surface area (Å²) in [7, 11) is 0. The second-order valence-electron chi connectivity index (χ2n) is 4.10. The van der Waals surface area contributed by atoms with Crippen LogP contribution in [0.1, 0.15) is 31.5 Å². The van der Waals surface area contributed by atoms with E-state index in [0.717, 1.165) is 18.8 Å². The molecule has 2 aromatic rings. The Morgan fingerprint density at radius 2 is 2.41 bits per heavy atom. The molecule has 1 atom stereocenters. The maximum absolute atomic E-state index is 4.30. The number of imidazole rings is 1. The van der Waals surface area contributed by atoms with Crippen molar-refractivity contribution in [3.63, 3.8) is 0 Å². The van der Waals surface area contributed by atoms with Crippen LogP contribution in [0.4, 0.5) is 0 Å². The zero-order chi connectivity index (χ0) is 11.9. The van der Waals surface area contributed by atoms with Gasteiger partial charge in [0.2, 0.25) is 0 Å². The Kier molecular flexibility index (Phi) is 4.70. The largest absolute Gasteiger partial charge is 0.337 e. The van der Waals surface area contributed by atoms with E-state index in [-0.39, 0.29) is 0 Å². The Bertz CT molecular complexity index is 396. The zero-order valence-corrected chi connectivity index (χ0v) is 10.9. The Morgan fingerprint density at radius 3 is 3.12 bits per heavy atom. The van der Waals surface area contributed by atoms with Crippen LogP contribution in [0.25, 0.3) is 0 Å². The van der Waals surface area contributed by atoms with Crippen molar-refractivity contribution < 1.29 is 0 Å². The molecule has 1 N–H and O–H groups in total. The van der Waals surface area contributed by atoms with Crippen LogP contribution in [-0.4, -0.2) is 21.1 Å². The fourth-order valence-corrected chi connectivity index (χ4v) is 2.35. The highest BCUT2D eigenvalue weighted by atomic mass is 32.1. The minimum Gasteiger partial charge on any atom is -0.337 e. The second kappa shape index (κ2) is 6.51. The number of unbranched alkanes of at least 4 members (excludes halogenated alkanes) is 1. The zero-order valence-electron chi connectivity index (χ0n) is 10.0. The molecule has 0 saturated heterocycles. The van der Waals surface area contributed by atoms with Crippen LogP contribution in [0.3, 0.4) is 0 Å². The van der Waals surface area contributed by atoms with Crippen LogP contribution >= 0.6 is 11.3 Å². The number of hydrogen-bond donors (Lipinski definition) is 1. The molecule has 0 fully saturated rings. The predicted molar refractivity (Wildman–Crippen MR) is 70.0 cm³/mol. The lowest BCUT2D eigenvalue weighted by Gasteiger charge is -2.11. The Balaban J connectivity index is 1.57. The molecule has 17 heavy (non-hydrogen) atoms. The van der Waals surface area contributed by atoms with Crippen LogP contribution in [0.2, 0.25) is 0 Å². The van der Waals surface area contributed by atoms with Crippen molar-refractivity contribution >= 4 is 11.3 Å². The van der Waals surface area contributed by atoms with Gasteiger partial charge in [0.05, 0.1) is 17.5 Å². The van der Waals surface area contributed by atoms with E-state index < -0.39 is 0 Å². The Hall–Kier alpha value is -1.20. The van der Waals surface area contributed by atoms with Crippen LogP contribution < -0.4 is 5.32 Å². The first-order valence-corrected chi connectivity index (χ1v) is 6.88. The van der Waals surface area contributed by atoms with Gasteiger partial charge in [0.15, 0.2) is 0 Å². The van der Waals surface area contributed by atoms with E-state index in [1.54, 1.807) is 11.3 Å². The molecule has 0 aromatic carbocycles. The quantitative estimate of drug-likeness (QED) is 0.768. The average molecular weight is 250 g/mol. The van der Waals surface area contributed by atoms with Crippen LogP contribution in [-0.2, 0) is 6.54 Å². The number of nitrogens with one attached hydrogen (secondary N) is 1. The van der Waals surface area contributed by atoms with Crippen molar-refractivity contribution in [1.29, 1.82) is 0 Å². The summed E-state index contributed by atoms with van der Waals surface area (Å²) in [5.41, 5.74) is 3.02. The van der Waals surface area contributed by atoms with E-state index in [1.807, 2.05) is 24.2 Å². The molecule has 0 amide bonds. The molecule has 0 radical (unpaired) electrons. The fraction of sp³-hybridized carbons (Fsp3) is 0.500. The monoisotopic (exact) mass is 250 g/mol. The summed E-state index contributed by atoms with van der Waals surface area (Å²) in [6.07, 6.45) is 8.04. The van der Waals surface area contributed by atoms with Gasteiger partial charge in [-0.1, -0.05) is 0 Å². The second-order valence-corrected chi connectivity index (χ2v) is 4.82. The van der Waals surface area contributed by atoms with Crippen LogP contribution in [0.15, 0.2) is 29.6 Å². The molecule has 0 aliphatic heterocycles. The fourth-order valence-electron chi connectivity index (χ4n) is 1.70. The van der Waals surface area contributed by atoms with Crippen molar-refractivity contribution in [3.05, 3.63) is 35.3 Å². The molecule has 2 heterocycles. The molecule has 2 aromatic heterocycles. The smallest absolute Gasteiger partial charge is 0.0945 e. The molecule has 92 valence electrons. The first kappa shape index (κ1) is 12.3. The molecule has 4 nitrogen and oxygen atoms in total. The third kappa shape index (κ3) is 3.94. The van der Waals surface area contributed by atoms with Gasteiger partial charge in [0.25, 0.3) is 0 Å². The number of thiazole rings is 1. The van der Waals surface area contributed by atoms with Crippen molar-refractivity contribution in [3.8, 4) is 0 Å². The van der Waals surface area contributed by atoms with Gasteiger partial charge >= 0.3 is 0 Å². The molecule has 0 aliphatic rings. The van der Waals surface area contributed by atoms with Crippen molar-refractivity contribution in [1.82, 2.24) is 19.9 Å². The van der Waals surface area contributed by atoms with Crippen molar-refractivity contribution in [2.75, 3.05) is 6.54 Å². The van der Waals surface area contributed by atoms with Crippen molar-refractivity contribution in [2.45, 2.75) is 32.4 Å². The highest BCUT2D eigenvalue weighted by Crippen LogP contribution is 2.11. The molecule has 0 spiro atoms. The summed E-state index contributed by atoms with van der Waals surface area (Å²) in [6.45, 7) is 4.24. The molecule has 2 rings (SSSR count). The number of hydrogen-bond acceptors (Lipinski definition) is 4. The van der Waals surface area contributed by atoms with Gasteiger partial charge in [-0.25, -0.2) is 9.97 Å². The summed E-state index contributed by atoms with van der Waals surface area (Å²) >= 11 is 1.65. The first-order chi connectivity index (χ1) is 8.36. The highest BCUT2D eigenvalue weighted by Gasteiger charge is 2.05. The molecule has 5 heteroatoms. The SMILES string of the molecule is CC(NCCCCn1ccnc1)c1cscn1. The lowest BCUT2D eigenvalue weighted by molar-refractivity contribution is 0.518. The normalized spacial score (nSPS) is 12.8. The Morgan fingerprint density at radius 1 is 1.47 bits per heavy atom. The molecule has 0 bridgehead atoms. The van der Waals surface area contributed by atoms with Gasteiger partial charge in [0, 0.05) is 30.4 Å². The van der Waals surface area contributed by atoms with Gasteiger partial charge in [-0.3, -0.25) is 0 Å². The van der Waals surface area contributed by atoms with Gasteiger partial charge in [-0.15, -0.1) is 11.3 Å². The van der Waals surface area contributed by atoms with E-state index in [2.05, 4.69) is 32.2 Å². The van der Waals surface area contributed by atoms with Crippen molar-refractivity contribution in [2.24, 2.45) is 0 Å². The maximum Gasteiger partial charge on any atom is 0.0945 e. The third-order valence-corrected chi connectivity index (χ3v) is 3.35. The standard InChI is InChI=1S/C12H18N4S/c1-11(12-8-17-10-15-12)14-4-2-3-6-16-7-5-13-9-16/h5,7-11,14H,2-4,6H2,1H3. The maximum atomic E-state index is 4.30. The predicted octanol–water partition coefficient (Wildman–Crippen LogP) is 2.47. The summed E-state index contributed by atoms with van der Waals surface area (Å²) in [5, 5.41) is 5.58. The molecule has 0 aliphatic carbocycles. The molecule has 0 saturated carbocycles. The van der Waals surface area contributed by atoms with E-state index in [0.29, 0.717) is 6.04 Å². The third-order valence-electron chi connectivity index (χ3n) is 2.75. The highest BCUT2D eigenvalue weighted by molar-refractivity contribution is 7.07. The topological polar surface area (TPSA) is 42.7 Å². The van der Waals surface area contributed by atoms with E-state index >= 15 is 0 Å². The summed E-state index contributed by atoms with van der Waals surface area (Å²) < 4.78 is 2.11. The van der Waals surface area contributed by atoms with E-state index in [1.165, 1.54) is 12.8 Å². The number of aromatic nitrogens is 3. The first-order valence-electron chi connectivity index (χ1n) is 5.93. The number of aryl methyl sites for hydroxylation is 1. The summed E-state index contributed by atoms with van der Waals surface area (Å²) in [5.74, 6) is 0. The number of rotatable bonds is 7. The lowest BCUT2D eigenvalue weighted by Crippen LogP contribution is -2.20. The minimum absolute atomic E-state index is 0.356. The van der Waals surface area contributed by atoms with E-state index in [9.17, 15) is 0 Å². The van der Waals surface area contributed by atoms with Crippen LogP contribution in [0.5, 0.6) is 0 Å². The van der Waals surface area contributed by atoms with Gasteiger partial charge in [-0.05, 0) is 26.3 Å². The van der Waals surface area contributed by atoms with Crippen LogP contribution in [0, 0.1) is 0 Å². The average Bonchev–Trinajstić information content (AvgIpc) is 3.01. The molecular weight excluding hydrogens is 232 g/mol. The molecular formula is C12H18N4S.